The van der Waals surface area contributed by atoms with Crippen LogP contribution >= 0.6 is 15.9 Å². The molecule has 0 saturated carbocycles. The fraction of sp³-hybridized carbons (Fsp3) is 0.250. The Bertz CT molecular complexity index is 2790. The van der Waals surface area contributed by atoms with Crippen LogP contribution in [0.5, 0.6) is 0 Å². The average molecular weight is 1070 g/mol. The molecule has 10 atom stereocenters. The lowest BCUT2D eigenvalue weighted by atomic mass is 9.95. The molecule has 0 aromatic heterocycles. The molecule has 2 aliphatic heterocycles. The first-order valence-corrected chi connectivity index (χ1v) is 24.5. The van der Waals surface area contributed by atoms with Crippen molar-refractivity contribution < 1.29 is 81.2 Å². The third-order valence-corrected chi connectivity index (χ3v) is 12.0. The highest BCUT2D eigenvalue weighted by molar-refractivity contribution is 9.09. The Balaban J connectivity index is 1.24. The van der Waals surface area contributed by atoms with E-state index in [1.807, 2.05) is 0 Å². The molecule has 6 aromatic carbocycles. The zero-order valence-electron chi connectivity index (χ0n) is 39.3. The van der Waals surface area contributed by atoms with Gasteiger partial charge in [0.05, 0.1) is 40.0 Å². The van der Waals surface area contributed by atoms with Crippen LogP contribution in [0.1, 0.15) is 62.1 Å². The Kier molecular flexibility index (Phi) is 18.4. The number of hydrogen-bond donors (Lipinski definition) is 1. The minimum Gasteiger partial charge on any atom is -0.459 e. The van der Waals surface area contributed by atoms with E-state index in [1.54, 1.807) is 109 Å². The lowest BCUT2D eigenvalue weighted by Crippen LogP contribution is -2.67. The van der Waals surface area contributed by atoms with Crippen molar-refractivity contribution in [3.8, 4) is 0 Å². The Morgan fingerprint density at radius 1 is 0.392 bits per heavy atom. The Labute approximate surface area is 433 Å². The number of hydrogen-bond acceptors (Lipinski definition) is 17. The highest BCUT2D eigenvalue weighted by atomic mass is 79.9. The van der Waals surface area contributed by atoms with E-state index < -0.39 is 110 Å². The number of rotatable bonds is 19. The smallest absolute Gasteiger partial charge is 0.338 e. The summed E-state index contributed by atoms with van der Waals surface area (Å²) in [5.41, 5.74) is 0.586. The van der Waals surface area contributed by atoms with Gasteiger partial charge in [0.25, 0.3) is 0 Å². The van der Waals surface area contributed by atoms with Crippen LogP contribution < -0.4 is 0 Å². The van der Waals surface area contributed by atoms with Crippen molar-refractivity contribution >= 4 is 51.7 Å². The Morgan fingerprint density at radius 2 is 0.703 bits per heavy atom. The zero-order valence-corrected chi connectivity index (χ0v) is 40.9. The number of halogens is 1. The van der Waals surface area contributed by atoms with E-state index in [2.05, 4.69) is 15.9 Å². The number of alkyl halides is 1. The first-order valence-electron chi connectivity index (χ1n) is 23.4. The lowest BCUT2D eigenvalue weighted by Gasteiger charge is -2.48. The van der Waals surface area contributed by atoms with E-state index in [4.69, 9.17) is 47.4 Å². The first kappa shape index (κ1) is 52.7. The van der Waals surface area contributed by atoms with Crippen molar-refractivity contribution in [2.75, 3.05) is 25.2 Å². The maximum atomic E-state index is 14.3. The van der Waals surface area contributed by atoms with Crippen molar-refractivity contribution in [2.45, 2.75) is 61.4 Å². The van der Waals surface area contributed by atoms with Crippen molar-refractivity contribution in [1.29, 1.82) is 0 Å². The van der Waals surface area contributed by atoms with Gasteiger partial charge in [0.1, 0.15) is 37.6 Å². The fourth-order valence-electron chi connectivity index (χ4n) is 7.98. The van der Waals surface area contributed by atoms with Crippen LogP contribution in [0.3, 0.4) is 0 Å². The van der Waals surface area contributed by atoms with E-state index in [1.165, 1.54) is 72.8 Å². The van der Waals surface area contributed by atoms with Gasteiger partial charge in [-0.25, -0.2) is 28.8 Å². The fourth-order valence-corrected chi connectivity index (χ4v) is 8.17. The standard InChI is InChI=1S/C56H49BrO17/c57-31-32-65-55-48(73-54(64)40-29-17-6-18-30-40)46(71-52(62)38-25-13-4-14-26-38)44(42(69-55)34-67-50(60)36-21-9-2-10-22-36)74-56-47(72-53(63)39-27-15-5-16-28-39)45(70-51(61)37-23-11-3-12-24-37)43(58)41(68-56)33-66-49(59)35-19-7-1-8-20-35/h1-30,41-48,55-56,58H,31-34H2/t41-,42-,43+,44-,45+,46+,47-,48-,55-,56+/m1/s1. The summed E-state index contributed by atoms with van der Waals surface area (Å²) < 4.78 is 62.0. The number of benzene rings is 6. The summed E-state index contributed by atoms with van der Waals surface area (Å²) in [5, 5.41) is 12.4. The van der Waals surface area contributed by atoms with Gasteiger partial charge in [0, 0.05) is 5.33 Å². The molecule has 6 aromatic rings. The van der Waals surface area contributed by atoms with Crippen LogP contribution in [0.25, 0.3) is 0 Å². The topological polar surface area (TPSA) is 215 Å². The van der Waals surface area contributed by atoms with Gasteiger partial charge in [0.15, 0.2) is 37.0 Å². The molecule has 0 unspecified atom stereocenters. The maximum absolute atomic E-state index is 14.3. The zero-order chi connectivity index (χ0) is 51.8. The maximum Gasteiger partial charge on any atom is 0.338 e. The Morgan fingerprint density at radius 3 is 1.08 bits per heavy atom. The number of carbonyl (C=O) groups excluding carboxylic acids is 6. The molecule has 2 aliphatic rings. The predicted molar refractivity (Wildman–Crippen MR) is 264 cm³/mol. The van der Waals surface area contributed by atoms with Gasteiger partial charge in [-0.2, -0.15) is 0 Å². The SMILES string of the molecule is O=C(OC[C@H]1O[C@@H](O[C@H]2[C@H](OC(=O)c3ccccc3)[C@@H](OC(=O)c3ccccc3)[C@H](OCCBr)O[C@@H]2COC(=O)c2ccccc2)[C@H](OC(=O)c2ccccc2)[C@@H](OC(=O)c2ccccc2)[C@H]1O)c1ccccc1. The number of carbonyl (C=O) groups is 6. The predicted octanol–water partition coefficient (Wildman–Crippen LogP) is 7.21. The van der Waals surface area contributed by atoms with Crippen molar-refractivity contribution in [3.05, 3.63) is 215 Å². The third-order valence-electron chi connectivity index (χ3n) is 11.6. The van der Waals surface area contributed by atoms with Crippen molar-refractivity contribution in [1.82, 2.24) is 0 Å². The minimum absolute atomic E-state index is 0.0360. The molecule has 8 rings (SSSR count). The van der Waals surface area contributed by atoms with Gasteiger partial charge in [-0.1, -0.05) is 125 Å². The van der Waals surface area contributed by atoms with Gasteiger partial charge in [-0.15, -0.1) is 0 Å². The molecule has 18 heteroatoms. The first-order chi connectivity index (χ1) is 36.1. The van der Waals surface area contributed by atoms with E-state index in [-0.39, 0.29) is 45.3 Å². The molecule has 17 nitrogen and oxygen atoms in total. The summed E-state index contributed by atoms with van der Waals surface area (Å²) in [5.74, 6) is -5.36. The normalized spacial score (nSPS) is 23.3. The quantitative estimate of drug-likeness (QED) is 0.0482. The van der Waals surface area contributed by atoms with Gasteiger partial charge in [-0.05, 0) is 72.8 Å². The van der Waals surface area contributed by atoms with E-state index in [0.29, 0.717) is 0 Å². The number of ether oxygens (including phenoxy) is 10. The number of esters is 6. The molecule has 0 bridgehead atoms. The summed E-state index contributed by atoms with van der Waals surface area (Å²) >= 11 is 3.35. The van der Waals surface area contributed by atoms with E-state index in [9.17, 15) is 33.9 Å². The van der Waals surface area contributed by atoms with Gasteiger partial charge in [0.2, 0.25) is 0 Å². The van der Waals surface area contributed by atoms with Crippen LogP contribution in [0.15, 0.2) is 182 Å². The molecule has 1 N–H and O–H groups in total. The molecule has 382 valence electrons. The summed E-state index contributed by atoms with van der Waals surface area (Å²) in [6.45, 7) is -1.36. The summed E-state index contributed by atoms with van der Waals surface area (Å²) in [6.07, 6.45) is -17.4. The van der Waals surface area contributed by atoms with Gasteiger partial charge in [-0.3, -0.25) is 0 Å². The molecule has 2 heterocycles. The average Bonchev–Trinajstić information content (AvgIpc) is 3.45. The van der Waals surface area contributed by atoms with Crippen LogP contribution in [-0.4, -0.2) is 127 Å². The van der Waals surface area contributed by atoms with Crippen molar-refractivity contribution in [2.24, 2.45) is 0 Å². The second-order valence-corrected chi connectivity index (χ2v) is 17.4. The molecular weight excluding hydrogens is 1020 g/mol. The molecule has 2 saturated heterocycles. The van der Waals surface area contributed by atoms with Gasteiger partial charge < -0.3 is 52.5 Å². The van der Waals surface area contributed by atoms with Crippen LogP contribution in [0, 0.1) is 0 Å². The summed E-state index contributed by atoms with van der Waals surface area (Å²) in [6, 6.07) is 47.3. The molecule has 0 amide bonds. The largest absolute Gasteiger partial charge is 0.459 e. The van der Waals surface area contributed by atoms with E-state index in [0.717, 1.165) is 0 Å². The monoisotopic (exact) mass is 1070 g/mol. The summed E-state index contributed by atoms with van der Waals surface area (Å²) in [4.78, 5) is 83.5. The van der Waals surface area contributed by atoms with Crippen molar-refractivity contribution in [3.63, 3.8) is 0 Å². The second kappa shape index (κ2) is 25.9. The lowest BCUT2D eigenvalue weighted by molar-refractivity contribution is -0.356. The van der Waals surface area contributed by atoms with Gasteiger partial charge >= 0.3 is 35.8 Å². The highest BCUT2D eigenvalue weighted by Crippen LogP contribution is 2.36. The highest BCUT2D eigenvalue weighted by Gasteiger charge is 2.57. The molecule has 0 spiro atoms. The molecule has 0 aliphatic carbocycles. The third kappa shape index (κ3) is 13.5. The molecule has 0 radical (unpaired) electrons. The van der Waals surface area contributed by atoms with Crippen LogP contribution in [-0.2, 0) is 47.4 Å². The molecule has 2 fully saturated rings. The molecule has 74 heavy (non-hydrogen) atoms. The van der Waals surface area contributed by atoms with E-state index >= 15 is 0 Å². The number of aliphatic hydroxyl groups is 1. The van der Waals surface area contributed by atoms with Crippen LogP contribution in [0.2, 0.25) is 0 Å². The number of aliphatic hydroxyl groups excluding tert-OH is 1. The molecular formula is C56H49BrO17. The summed E-state index contributed by atoms with van der Waals surface area (Å²) in [7, 11) is 0. The van der Waals surface area contributed by atoms with Crippen LogP contribution in [0.4, 0.5) is 0 Å². The second-order valence-electron chi connectivity index (χ2n) is 16.6. The Hall–Kier alpha value is -7.58. The minimum atomic E-state index is -1.97.